The van der Waals surface area contributed by atoms with Crippen LogP contribution in [0.15, 0.2) is 28.7 Å². The van der Waals surface area contributed by atoms with Gasteiger partial charge in [-0.2, -0.15) is 0 Å². The molecule has 0 aromatic heterocycles. The zero-order valence-electron chi connectivity index (χ0n) is 8.41. The maximum absolute atomic E-state index is 11.0. The summed E-state index contributed by atoms with van der Waals surface area (Å²) >= 11 is 3.47. The van der Waals surface area contributed by atoms with E-state index in [2.05, 4.69) is 15.9 Å². The summed E-state index contributed by atoms with van der Waals surface area (Å²) in [5, 5.41) is 0. The van der Waals surface area contributed by atoms with E-state index in [1.165, 1.54) is 0 Å². The van der Waals surface area contributed by atoms with Gasteiger partial charge in [0.1, 0.15) is 5.78 Å². The molecule has 0 bridgehead atoms. The summed E-state index contributed by atoms with van der Waals surface area (Å²) < 4.78 is 6.75. The second-order valence-corrected chi connectivity index (χ2v) is 4.66. The van der Waals surface area contributed by atoms with Gasteiger partial charge in [0.2, 0.25) is 0 Å². The topological polar surface area (TPSA) is 26.3 Å². The number of halogens is 1. The van der Waals surface area contributed by atoms with Crippen LogP contribution in [-0.4, -0.2) is 11.9 Å². The van der Waals surface area contributed by atoms with Gasteiger partial charge in [-0.1, -0.05) is 34.1 Å². The van der Waals surface area contributed by atoms with Crippen molar-refractivity contribution in [3.05, 3.63) is 34.3 Å². The van der Waals surface area contributed by atoms with Crippen molar-refractivity contribution in [3.8, 4) is 0 Å². The number of hydrogen-bond acceptors (Lipinski definition) is 2. The summed E-state index contributed by atoms with van der Waals surface area (Å²) in [7, 11) is 0. The lowest BCUT2D eigenvalue weighted by atomic mass is 10.2. The summed E-state index contributed by atoms with van der Waals surface area (Å²) in [4.78, 5) is 11.0. The number of ether oxygens (including phenoxy) is 1. The van der Waals surface area contributed by atoms with Crippen LogP contribution in [0.25, 0.3) is 0 Å². The van der Waals surface area contributed by atoms with E-state index in [1.54, 1.807) is 0 Å². The second kappa shape index (κ2) is 4.90. The minimum Gasteiger partial charge on any atom is -0.373 e. The molecule has 80 valence electrons. The largest absolute Gasteiger partial charge is 0.373 e. The Balaban J connectivity index is 1.88. The summed E-state index contributed by atoms with van der Waals surface area (Å²) in [5.41, 5.74) is 1.14. The Morgan fingerprint density at radius 2 is 2.20 bits per heavy atom. The molecule has 1 unspecified atom stereocenters. The molecule has 0 spiro atoms. The molecule has 15 heavy (non-hydrogen) atoms. The number of rotatable bonds is 3. The molecule has 1 aromatic rings. The number of ketones is 1. The van der Waals surface area contributed by atoms with Crippen molar-refractivity contribution >= 4 is 21.7 Å². The van der Waals surface area contributed by atoms with Crippen molar-refractivity contribution < 1.29 is 9.53 Å². The van der Waals surface area contributed by atoms with E-state index in [-0.39, 0.29) is 6.10 Å². The number of hydrogen-bond donors (Lipinski definition) is 0. The fourth-order valence-electron chi connectivity index (χ4n) is 1.75. The van der Waals surface area contributed by atoms with Crippen molar-refractivity contribution in [2.75, 3.05) is 0 Å². The maximum atomic E-state index is 11.0. The number of benzene rings is 1. The van der Waals surface area contributed by atoms with Gasteiger partial charge in [0, 0.05) is 17.3 Å². The van der Waals surface area contributed by atoms with Crippen molar-refractivity contribution in [1.29, 1.82) is 0 Å². The molecule has 1 saturated carbocycles. The Kier molecular flexibility index (Phi) is 3.54. The molecule has 1 aliphatic rings. The van der Waals surface area contributed by atoms with Gasteiger partial charge >= 0.3 is 0 Å². The van der Waals surface area contributed by atoms with Crippen molar-refractivity contribution in [2.24, 2.45) is 0 Å². The zero-order chi connectivity index (χ0) is 10.7. The van der Waals surface area contributed by atoms with Gasteiger partial charge in [-0.25, -0.2) is 0 Å². The molecule has 3 heteroatoms. The normalized spacial score (nSPS) is 20.9. The third-order valence-corrected chi connectivity index (χ3v) is 3.41. The van der Waals surface area contributed by atoms with Gasteiger partial charge in [-0.05, 0) is 18.1 Å². The van der Waals surface area contributed by atoms with E-state index in [4.69, 9.17) is 4.74 Å². The van der Waals surface area contributed by atoms with Crippen LogP contribution >= 0.6 is 15.9 Å². The van der Waals surface area contributed by atoms with Crippen molar-refractivity contribution in [1.82, 2.24) is 0 Å². The Morgan fingerprint density at radius 3 is 2.87 bits per heavy atom. The molecule has 1 fully saturated rings. The van der Waals surface area contributed by atoms with Gasteiger partial charge in [0.15, 0.2) is 0 Å². The fourth-order valence-corrected chi connectivity index (χ4v) is 2.14. The van der Waals surface area contributed by atoms with E-state index in [9.17, 15) is 4.79 Å². The predicted octanol–water partition coefficient (Wildman–Crippen LogP) is 3.09. The molecule has 0 radical (unpaired) electrons. The zero-order valence-corrected chi connectivity index (χ0v) is 10.00. The number of Topliss-reactive ketones (excluding diaryl/α,β-unsaturated/α-hetero) is 1. The molecule has 2 nitrogen and oxygen atoms in total. The van der Waals surface area contributed by atoms with Crippen molar-refractivity contribution in [3.63, 3.8) is 0 Å². The number of carbonyl (C=O) groups excluding carboxylic acids is 1. The summed E-state index contributed by atoms with van der Waals surface area (Å²) in [6.45, 7) is 0.583. The van der Waals surface area contributed by atoms with Crippen LogP contribution in [0.1, 0.15) is 24.8 Å². The van der Waals surface area contributed by atoms with Gasteiger partial charge in [-0.3, -0.25) is 4.79 Å². The first-order chi connectivity index (χ1) is 7.25. The van der Waals surface area contributed by atoms with Gasteiger partial charge in [-0.15, -0.1) is 0 Å². The smallest absolute Gasteiger partial charge is 0.135 e. The molecule has 1 aromatic carbocycles. The lowest BCUT2D eigenvalue weighted by molar-refractivity contribution is -0.118. The Bertz CT molecular complexity index is 362. The molecule has 0 heterocycles. The molecule has 0 N–H and O–H groups in total. The van der Waals surface area contributed by atoms with Gasteiger partial charge < -0.3 is 4.74 Å². The second-order valence-electron chi connectivity index (χ2n) is 3.81. The third kappa shape index (κ3) is 2.89. The predicted molar refractivity (Wildman–Crippen MR) is 61.6 cm³/mol. The van der Waals surface area contributed by atoms with E-state index in [0.717, 1.165) is 16.5 Å². The molecule has 0 amide bonds. The highest BCUT2D eigenvalue weighted by Gasteiger charge is 2.22. The molecular weight excluding hydrogens is 256 g/mol. The highest BCUT2D eigenvalue weighted by Crippen LogP contribution is 2.22. The van der Waals surface area contributed by atoms with Crippen LogP contribution in [0.4, 0.5) is 0 Å². The molecule has 0 saturated heterocycles. The molecular formula is C12H13BrO2. The Labute approximate surface area is 97.8 Å². The maximum Gasteiger partial charge on any atom is 0.135 e. The first kappa shape index (κ1) is 10.8. The minimum atomic E-state index is 0.129. The van der Waals surface area contributed by atoms with E-state index in [1.807, 2.05) is 24.3 Å². The van der Waals surface area contributed by atoms with Crippen LogP contribution < -0.4 is 0 Å². The highest BCUT2D eigenvalue weighted by atomic mass is 79.9. The standard InChI is InChI=1S/C12H13BrO2/c13-12-4-2-1-3-9(12)8-15-11-6-5-10(14)7-11/h1-4,11H,5-8H2. The van der Waals surface area contributed by atoms with Crippen LogP contribution in [0.2, 0.25) is 0 Å². The summed E-state index contributed by atoms with van der Waals surface area (Å²) in [5.74, 6) is 0.326. The van der Waals surface area contributed by atoms with Crippen LogP contribution in [0.5, 0.6) is 0 Å². The van der Waals surface area contributed by atoms with Crippen LogP contribution in [0.3, 0.4) is 0 Å². The third-order valence-electron chi connectivity index (χ3n) is 2.63. The van der Waals surface area contributed by atoms with E-state index in [0.29, 0.717) is 25.2 Å². The molecule has 2 rings (SSSR count). The van der Waals surface area contributed by atoms with Crippen LogP contribution in [-0.2, 0) is 16.1 Å². The average molecular weight is 269 g/mol. The monoisotopic (exact) mass is 268 g/mol. The average Bonchev–Trinajstić information content (AvgIpc) is 2.63. The first-order valence-electron chi connectivity index (χ1n) is 5.12. The van der Waals surface area contributed by atoms with E-state index >= 15 is 0 Å². The van der Waals surface area contributed by atoms with E-state index < -0.39 is 0 Å². The molecule has 1 aliphatic carbocycles. The van der Waals surface area contributed by atoms with Gasteiger partial charge in [0.05, 0.1) is 12.7 Å². The number of carbonyl (C=O) groups is 1. The fraction of sp³-hybridized carbons (Fsp3) is 0.417. The lowest BCUT2D eigenvalue weighted by Crippen LogP contribution is -2.08. The lowest BCUT2D eigenvalue weighted by Gasteiger charge is -2.11. The van der Waals surface area contributed by atoms with Crippen molar-refractivity contribution in [2.45, 2.75) is 32.0 Å². The minimum absolute atomic E-state index is 0.129. The Hall–Kier alpha value is -0.670. The highest BCUT2D eigenvalue weighted by molar-refractivity contribution is 9.10. The Morgan fingerprint density at radius 1 is 1.40 bits per heavy atom. The van der Waals surface area contributed by atoms with Gasteiger partial charge in [0.25, 0.3) is 0 Å². The quantitative estimate of drug-likeness (QED) is 0.842. The van der Waals surface area contributed by atoms with Crippen LogP contribution in [0, 0.1) is 0 Å². The summed E-state index contributed by atoms with van der Waals surface area (Å²) in [6, 6.07) is 8.00. The summed E-state index contributed by atoms with van der Waals surface area (Å²) in [6.07, 6.45) is 2.28. The molecule has 0 aliphatic heterocycles. The SMILES string of the molecule is O=C1CCC(OCc2ccccc2Br)C1. The first-order valence-corrected chi connectivity index (χ1v) is 5.91. The molecule has 1 atom stereocenters.